The van der Waals surface area contributed by atoms with Gasteiger partial charge in [0.25, 0.3) is 5.91 Å². The maximum atomic E-state index is 12.4. The predicted octanol–water partition coefficient (Wildman–Crippen LogP) is 3.00. The highest BCUT2D eigenvalue weighted by atomic mass is 32.2. The van der Waals surface area contributed by atoms with Gasteiger partial charge in [-0.1, -0.05) is 25.8 Å². The second kappa shape index (κ2) is 9.45. The summed E-state index contributed by atoms with van der Waals surface area (Å²) < 4.78 is 5.21. The van der Waals surface area contributed by atoms with Crippen LogP contribution in [0.15, 0.2) is 29.2 Å². The predicted molar refractivity (Wildman–Crippen MR) is 109 cm³/mol. The Morgan fingerprint density at radius 1 is 1.29 bits per heavy atom. The molecule has 1 saturated heterocycles. The number of carbonyl (C=O) groups excluding carboxylic acids is 3. The summed E-state index contributed by atoms with van der Waals surface area (Å²) in [5.74, 6) is -0.927. The Labute approximate surface area is 170 Å². The number of thioether (sulfide) groups is 1. The molecule has 1 N–H and O–H groups in total. The van der Waals surface area contributed by atoms with Crippen LogP contribution in [0.4, 0.5) is 5.69 Å². The van der Waals surface area contributed by atoms with Gasteiger partial charge < -0.3 is 15.0 Å². The molecule has 28 heavy (non-hydrogen) atoms. The minimum Gasteiger partial charge on any atom is -0.455 e. The van der Waals surface area contributed by atoms with Crippen LogP contribution < -0.4 is 10.2 Å². The number of ether oxygens (including phenoxy) is 1. The van der Waals surface area contributed by atoms with Crippen LogP contribution in [0.1, 0.15) is 39.0 Å². The molecule has 2 amide bonds. The SMILES string of the molecule is CSc1cccc(N2C[C@H](C(=O)OCC(=O)N[C@H]3CCCC[C@H]3C)CC2=O)c1. The van der Waals surface area contributed by atoms with E-state index in [1.807, 2.05) is 30.5 Å². The summed E-state index contributed by atoms with van der Waals surface area (Å²) in [5.41, 5.74) is 0.788. The molecule has 0 aromatic heterocycles. The van der Waals surface area contributed by atoms with E-state index in [0.29, 0.717) is 5.92 Å². The van der Waals surface area contributed by atoms with Gasteiger partial charge in [-0.05, 0) is 43.2 Å². The average molecular weight is 405 g/mol. The minimum atomic E-state index is -0.535. The zero-order chi connectivity index (χ0) is 20.1. The van der Waals surface area contributed by atoms with E-state index in [4.69, 9.17) is 4.74 Å². The van der Waals surface area contributed by atoms with Gasteiger partial charge in [0.15, 0.2) is 6.61 Å². The third kappa shape index (κ3) is 5.07. The number of amides is 2. The van der Waals surface area contributed by atoms with Crippen molar-refractivity contribution in [3.8, 4) is 0 Å². The quantitative estimate of drug-likeness (QED) is 0.583. The van der Waals surface area contributed by atoms with Crippen molar-refractivity contribution < 1.29 is 19.1 Å². The van der Waals surface area contributed by atoms with Crippen LogP contribution in [-0.4, -0.2) is 43.2 Å². The molecule has 0 bridgehead atoms. The van der Waals surface area contributed by atoms with Crippen LogP contribution in [0.25, 0.3) is 0 Å². The molecule has 1 saturated carbocycles. The Kier molecular flexibility index (Phi) is 6.99. The molecule has 7 heteroatoms. The smallest absolute Gasteiger partial charge is 0.311 e. The molecule has 0 radical (unpaired) electrons. The zero-order valence-electron chi connectivity index (χ0n) is 16.5. The fourth-order valence-corrected chi connectivity index (χ4v) is 4.38. The number of hydrogen-bond acceptors (Lipinski definition) is 5. The first-order valence-corrected chi connectivity index (χ1v) is 11.1. The number of benzene rings is 1. The number of esters is 1. The van der Waals surface area contributed by atoms with Crippen LogP contribution in [0.2, 0.25) is 0 Å². The van der Waals surface area contributed by atoms with Crippen molar-refractivity contribution in [2.24, 2.45) is 11.8 Å². The van der Waals surface area contributed by atoms with E-state index in [0.717, 1.165) is 29.8 Å². The normalized spacial score (nSPS) is 24.9. The molecule has 0 unspecified atom stereocenters. The summed E-state index contributed by atoms with van der Waals surface area (Å²) in [5, 5.41) is 2.97. The van der Waals surface area contributed by atoms with Crippen molar-refractivity contribution in [2.45, 2.75) is 50.0 Å². The first kappa shape index (κ1) is 20.7. The van der Waals surface area contributed by atoms with Crippen LogP contribution in [0.3, 0.4) is 0 Å². The highest BCUT2D eigenvalue weighted by Crippen LogP contribution is 2.29. The Bertz CT molecular complexity index is 739. The van der Waals surface area contributed by atoms with E-state index in [9.17, 15) is 14.4 Å². The van der Waals surface area contributed by atoms with E-state index >= 15 is 0 Å². The molecule has 1 heterocycles. The highest BCUT2D eigenvalue weighted by Gasteiger charge is 2.36. The Hall–Kier alpha value is -2.02. The van der Waals surface area contributed by atoms with E-state index in [1.54, 1.807) is 16.7 Å². The number of nitrogens with zero attached hydrogens (tertiary/aromatic N) is 1. The van der Waals surface area contributed by atoms with Crippen molar-refractivity contribution in [2.75, 3.05) is 24.3 Å². The van der Waals surface area contributed by atoms with Gasteiger partial charge in [-0.2, -0.15) is 0 Å². The van der Waals surface area contributed by atoms with E-state index in [-0.39, 0.29) is 37.4 Å². The Morgan fingerprint density at radius 2 is 2.07 bits per heavy atom. The third-order valence-corrected chi connectivity index (χ3v) is 6.35. The molecule has 3 atom stereocenters. The molecule has 1 aliphatic heterocycles. The molecule has 1 aromatic carbocycles. The molecule has 3 rings (SSSR count). The highest BCUT2D eigenvalue weighted by molar-refractivity contribution is 7.98. The summed E-state index contributed by atoms with van der Waals surface area (Å²) in [4.78, 5) is 39.5. The fraction of sp³-hybridized carbons (Fsp3) is 0.571. The summed E-state index contributed by atoms with van der Waals surface area (Å²) in [7, 11) is 0. The second-order valence-corrected chi connectivity index (χ2v) is 8.53. The van der Waals surface area contributed by atoms with Gasteiger partial charge in [0.05, 0.1) is 5.92 Å². The summed E-state index contributed by atoms with van der Waals surface area (Å²) >= 11 is 1.60. The van der Waals surface area contributed by atoms with E-state index in [1.165, 1.54) is 6.42 Å². The molecule has 2 fully saturated rings. The monoisotopic (exact) mass is 404 g/mol. The lowest BCUT2D eigenvalue weighted by molar-refractivity contribution is -0.152. The molecule has 152 valence electrons. The van der Waals surface area contributed by atoms with Crippen molar-refractivity contribution in [3.05, 3.63) is 24.3 Å². The van der Waals surface area contributed by atoms with Gasteiger partial charge in [-0.25, -0.2) is 0 Å². The fourth-order valence-electron chi connectivity index (χ4n) is 3.93. The van der Waals surface area contributed by atoms with Crippen molar-refractivity contribution in [1.82, 2.24) is 5.32 Å². The summed E-state index contributed by atoms with van der Waals surface area (Å²) in [6, 6.07) is 7.84. The Balaban J connectivity index is 1.49. The molecule has 0 spiro atoms. The number of nitrogens with one attached hydrogen (secondary N) is 1. The molecule has 2 aliphatic rings. The molecular formula is C21H28N2O4S. The molecule has 1 aliphatic carbocycles. The Morgan fingerprint density at radius 3 is 2.82 bits per heavy atom. The number of hydrogen-bond donors (Lipinski definition) is 1. The molecule has 1 aromatic rings. The number of carbonyl (C=O) groups is 3. The van der Waals surface area contributed by atoms with Crippen molar-refractivity contribution >= 4 is 35.2 Å². The first-order chi connectivity index (χ1) is 13.5. The first-order valence-electron chi connectivity index (χ1n) is 9.88. The minimum absolute atomic E-state index is 0.0966. The number of rotatable bonds is 6. The average Bonchev–Trinajstić information content (AvgIpc) is 3.10. The summed E-state index contributed by atoms with van der Waals surface area (Å²) in [6.07, 6.45) is 6.50. The van der Waals surface area contributed by atoms with Gasteiger partial charge in [0, 0.05) is 29.6 Å². The van der Waals surface area contributed by atoms with Gasteiger partial charge in [-0.15, -0.1) is 11.8 Å². The molecular weight excluding hydrogens is 376 g/mol. The van der Waals surface area contributed by atoms with Gasteiger partial charge in [-0.3, -0.25) is 14.4 Å². The lowest BCUT2D eigenvalue weighted by Gasteiger charge is -2.29. The van der Waals surface area contributed by atoms with Crippen LogP contribution >= 0.6 is 11.8 Å². The maximum Gasteiger partial charge on any atom is 0.311 e. The van der Waals surface area contributed by atoms with Crippen LogP contribution in [0, 0.1) is 11.8 Å². The van der Waals surface area contributed by atoms with Gasteiger partial charge in [0.2, 0.25) is 5.91 Å². The third-order valence-electron chi connectivity index (χ3n) is 5.63. The topological polar surface area (TPSA) is 75.7 Å². The standard InChI is InChI=1S/C21H28N2O4S/c1-14-6-3-4-9-18(14)22-19(24)13-27-21(26)15-10-20(25)23(12-15)16-7-5-8-17(11-16)28-2/h5,7-8,11,14-15,18H,3-4,6,9-10,12-13H2,1-2H3,(H,22,24)/t14-,15-,18+/m1/s1. The van der Waals surface area contributed by atoms with Gasteiger partial charge in [0.1, 0.15) is 0 Å². The van der Waals surface area contributed by atoms with Crippen LogP contribution in [0.5, 0.6) is 0 Å². The lowest BCUT2D eigenvalue weighted by atomic mass is 9.86. The van der Waals surface area contributed by atoms with Crippen LogP contribution in [-0.2, 0) is 19.1 Å². The summed E-state index contributed by atoms with van der Waals surface area (Å²) in [6.45, 7) is 2.15. The van der Waals surface area contributed by atoms with E-state index in [2.05, 4.69) is 12.2 Å². The largest absolute Gasteiger partial charge is 0.455 e. The van der Waals surface area contributed by atoms with Crippen molar-refractivity contribution in [3.63, 3.8) is 0 Å². The number of anilines is 1. The second-order valence-electron chi connectivity index (χ2n) is 7.65. The lowest BCUT2D eigenvalue weighted by Crippen LogP contribution is -2.43. The van der Waals surface area contributed by atoms with Gasteiger partial charge >= 0.3 is 5.97 Å². The molecule has 6 nitrogen and oxygen atoms in total. The van der Waals surface area contributed by atoms with Crippen molar-refractivity contribution in [1.29, 1.82) is 0 Å². The zero-order valence-corrected chi connectivity index (χ0v) is 17.3. The van der Waals surface area contributed by atoms with E-state index < -0.39 is 11.9 Å². The maximum absolute atomic E-state index is 12.4.